The van der Waals surface area contributed by atoms with Crippen LogP contribution in [0.5, 0.6) is 0 Å². The van der Waals surface area contributed by atoms with Gasteiger partial charge in [0.1, 0.15) is 5.76 Å². The van der Waals surface area contributed by atoms with Gasteiger partial charge in [0.2, 0.25) is 0 Å². The SMILES string of the molecule is CCN(Cc1ccco1)CC1NCC2CCCC21. The molecular weight excluding hydrogens is 224 g/mol. The smallest absolute Gasteiger partial charge is 0.117 e. The second-order valence-electron chi connectivity index (χ2n) is 5.78. The highest BCUT2D eigenvalue weighted by Gasteiger charge is 2.39. The highest BCUT2D eigenvalue weighted by molar-refractivity contribution is 4.99. The van der Waals surface area contributed by atoms with E-state index in [0.29, 0.717) is 6.04 Å². The average Bonchev–Trinajstić information content (AvgIpc) is 3.06. The predicted octanol–water partition coefficient (Wildman–Crippen LogP) is 2.49. The summed E-state index contributed by atoms with van der Waals surface area (Å²) < 4.78 is 5.45. The minimum Gasteiger partial charge on any atom is -0.468 e. The van der Waals surface area contributed by atoms with Crippen molar-refractivity contribution in [3.63, 3.8) is 0 Å². The zero-order valence-corrected chi connectivity index (χ0v) is 11.3. The summed E-state index contributed by atoms with van der Waals surface area (Å²) in [6.07, 6.45) is 6.08. The van der Waals surface area contributed by atoms with Gasteiger partial charge >= 0.3 is 0 Å². The van der Waals surface area contributed by atoms with Crippen LogP contribution in [-0.4, -0.2) is 30.6 Å². The fourth-order valence-electron chi connectivity index (χ4n) is 3.71. The van der Waals surface area contributed by atoms with Gasteiger partial charge in [-0.1, -0.05) is 13.3 Å². The molecule has 100 valence electrons. The quantitative estimate of drug-likeness (QED) is 0.868. The Hall–Kier alpha value is -0.800. The fourth-order valence-corrected chi connectivity index (χ4v) is 3.71. The largest absolute Gasteiger partial charge is 0.468 e. The summed E-state index contributed by atoms with van der Waals surface area (Å²) in [5.74, 6) is 2.96. The molecular formula is C15H24N2O. The van der Waals surface area contributed by atoms with Crippen LogP contribution in [-0.2, 0) is 6.54 Å². The molecule has 3 rings (SSSR count). The first-order valence-electron chi connectivity index (χ1n) is 7.35. The van der Waals surface area contributed by atoms with Crippen LogP contribution in [0.4, 0.5) is 0 Å². The van der Waals surface area contributed by atoms with E-state index >= 15 is 0 Å². The summed E-state index contributed by atoms with van der Waals surface area (Å²) in [7, 11) is 0. The van der Waals surface area contributed by atoms with Crippen molar-refractivity contribution in [2.45, 2.75) is 38.8 Å². The standard InChI is InChI=1S/C15H24N2O/c1-2-17(10-13-6-4-8-18-13)11-15-14-7-3-5-12(14)9-16-15/h4,6,8,12,14-16H,2-3,5,7,9-11H2,1H3. The summed E-state index contributed by atoms with van der Waals surface area (Å²) in [6.45, 7) is 6.69. The van der Waals surface area contributed by atoms with Crippen molar-refractivity contribution < 1.29 is 4.42 Å². The summed E-state index contributed by atoms with van der Waals surface area (Å²) in [5, 5.41) is 3.73. The second kappa shape index (κ2) is 5.45. The lowest BCUT2D eigenvalue weighted by Gasteiger charge is -2.26. The minimum absolute atomic E-state index is 0.701. The van der Waals surface area contributed by atoms with Crippen LogP contribution < -0.4 is 5.32 Å². The number of fused-ring (bicyclic) bond motifs is 1. The van der Waals surface area contributed by atoms with Crippen molar-refractivity contribution in [2.24, 2.45) is 11.8 Å². The summed E-state index contributed by atoms with van der Waals surface area (Å²) in [5.41, 5.74) is 0. The number of hydrogen-bond acceptors (Lipinski definition) is 3. The van der Waals surface area contributed by atoms with Gasteiger partial charge in [-0.3, -0.25) is 4.90 Å². The van der Waals surface area contributed by atoms with Crippen LogP contribution in [0.25, 0.3) is 0 Å². The molecule has 1 aliphatic heterocycles. The lowest BCUT2D eigenvalue weighted by molar-refractivity contribution is 0.213. The van der Waals surface area contributed by atoms with Crippen LogP contribution in [0.3, 0.4) is 0 Å². The van der Waals surface area contributed by atoms with Gasteiger partial charge in [-0.05, 0) is 49.9 Å². The van der Waals surface area contributed by atoms with E-state index < -0.39 is 0 Å². The van der Waals surface area contributed by atoms with Crippen molar-refractivity contribution in [2.75, 3.05) is 19.6 Å². The predicted molar refractivity (Wildman–Crippen MR) is 72.3 cm³/mol. The lowest BCUT2D eigenvalue weighted by atomic mass is 9.94. The maximum Gasteiger partial charge on any atom is 0.117 e. The molecule has 1 saturated carbocycles. The van der Waals surface area contributed by atoms with Gasteiger partial charge in [0, 0.05) is 12.6 Å². The van der Waals surface area contributed by atoms with E-state index in [2.05, 4.69) is 23.2 Å². The maximum absolute atomic E-state index is 5.45. The van der Waals surface area contributed by atoms with Crippen molar-refractivity contribution in [1.29, 1.82) is 0 Å². The Morgan fingerprint density at radius 2 is 2.39 bits per heavy atom. The lowest BCUT2D eigenvalue weighted by Crippen LogP contribution is -2.40. The van der Waals surface area contributed by atoms with E-state index in [1.165, 1.54) is 32.4 Å². The normalized spacial score (nSPS) is 31.1. The van der Waals surface area contributed by atoms with Crippen molar-refractivity contribution in [3.05, 3.63) is 24.2 Å². The topological polar surface area (TPSA) is 28.4 Å². The number of nitrogens with one attached hydrogen (secondary N) is 1. The van der Waals surface area contributed by atoms with Crippen LogP contribution in [0, 0.1) is 11.8 Å². The third-order valence-corrected chi connectivity index (χ3v) is 4.74. The Balaban J connectivity index is 1.56. The van der Waals surface area contributed by atoms with Gasteiger partial charge in [-0.2, -0.15) is 0 Å². The fraction of sp³-hybridized carbons (Fsp3) is 0.733. The van der Waals surface area contributed by atoms with Crippen LogP contribution >= 0.6 is 0 Å². The Kier molecular flexibility index (Phi) is 3.71. The van der Waals surface area contributed by atoms with E-state index in [1.807, 2.05) is 6.07 Å². The third-order valence-electron chi connectivity index (χ3n) is 4.74. The molecule has 2 fully saturated rings. The molecule has 0 spiro atoms. The molecule has 1 aromatic heterocycles. The van der Waals surface area contributed by atoms with Gasteiger partial charge in [0.25, 0.3) is 0 Å². The van der Waals surface area contributed by atoms with Crippen LogP contribution in [0.15, 0.2) is 22.8 Å². The number of rotatable bonds is 5. The molecule has 1 aromatic rings. The number of nitrogens with zero attached hydrogens (tertiary/aromatic N) is 1. The molecule has 3 nitrogen and oxygen atoms in total. The van der Waals surface area contributed by atoms with Crippen molar-refractivity contribution >= 4 is 0 Å². The Labute approximate surface area is 110 Å². The molecule has 0 amide bonds. The van der Waals surface area contributed by atoms with Crippen LogP contribution in [0.1, 0.15) is 31.9 Å². The van der Waals surface area contributed by atoms with E-state index in [9.17, 15) is 0 Å². The monoisotopic (exact) mass is 248 g/mol. The van der Waals surface area contributed by atoms with E-state index in [-0.39, 0.29) is 0 Å². The highest BCUT2D eigenvalue weighted by Crippen LogP contribution is 2.37. The van der Waals surface area contributed by atoms with E-state index in [0.717, 1.165) is 30.7 Å². The first kappa shape index (κ1) is 12.2. The molecule has 3 atom stereocenters. The van der Waals surface area contributed by atoms with Crippen molar-refractivity contribution in [3.8, 4) is 0 Å². The third kappa shape index (κ3) is 2.47. The molecule has 3 unspecified atom stereocenters. The number of hydrogen-bond donors (Lipinski definition) is 1. The molecule has 2 aliphatic rings. The number of furan rings is 1. The van der Waals surface area contributed by atoms with Gasteiger partial charge in [0.15, 0.2) is 0 Å². The summed E-state index contributed by atoms with van der Waals surface area (Å²) in [4.78, 5) is 2.50. The molecule has 2 heterocycles. The number of likely N-dealkylation sites (N-methyl/N-ethyl adjacent to an activating group) is 1. The van der Waals surface area contributed by atoms with Gasteiger partial charge in [-0.15, -0.1) is 0 Å². The Morgan fingerprint density at radius 1 is 1.44 bits per heavy atom. The van der Waals surface area contributed by atoms with Crippen molar-refractivity contribution in [1.82, 2.24) is 10.2 Å². The average molecular weight is 248 g/mol. The Morgan fingerprint density at radius 3 is 3.17 bits per heavy atom. The summed E-state index contributed by atoms with van der Waals surface area (Å²) in [6, 6.07) is 4.75. The minimum atomic E-state index is 0.701. The molecule has 1 N–H and O–H groups in total. The molecule has 3 heteroatoms. The molecule has 0 aromatic carbocycles. The molecule has 0 radical (unpaired) electrons. The molecule has 0 bridgehead atoms. The van der Waals surface area contributed by atoms with E-state index in [1.54, 1.807) is 6.26 Å². The second-order valence-corrected chi connectivity index (χ2v) is 5.78. The zero-order chi connectivity index (χ0) is 12.4. The highest BCUT2D eigenvalue weighted by atomic mass is 16.3. The Bertz CT molecular complexity index is 363. The first-order chi connectivity index (χ1) is 8.86. The van der Waals surface area contributed by atoms with Gasteiger partial charge in [-0.25, -0.2) is 0 Å². The van der Waals surface area contributed by atoms with Gasteiger partial charge in [0.05, 0.1) is 12.8 Å². The molecule has 18 heavy (non-hydrogen) atoms. The van der Waals surface area contributed by atoms with Crippen LogP contribution in [0.2, 0.25) is 0 Å². The molecule has 1 aliphatic carbocycles. The molecule has 1 saturated heterocycles. The first-order valence-corrected chi connectivity index (χ1v) is 7.35. The zero-order valence-electron chi connectivity index (χ0n) is 11.3. The van der Waals surface area contributed by atoms with Gasteiger partial charge < -0.3 is 9.73 Å². The van der Waals surface area contributed by atoms with E-state index in [4.69, 9.17) is 4.42 Å². The maximum atomic E-state index is 5.45. The summed E-state index contributed by atoms with van der Waals surface area (Å²) >= 11 is 0.